The van der Waals surface area contributed by atoms with Gasteiger partial charge in [-0.2, -0.15) is 0 Å². The number of benzene rings is 5. The van der Waals surface area contributed by atoms with Crippen LogP contribution >= 0.6 is 0 Å². The number of imidazole rings is 1. The van der Waals surface area contributed by atoms with Crippen LogP contribution in [0.5, 0.6) is 0 Å². The monoisotopic (exact) mass is 601 g/mol. The Bertz CT molecular complexity index is 1910. The quantitative estimate of drug-likeness (QED) is 0.173. The number of hydrogen-bond acceptors (Lipinski definition) is 4. The lowest BCUT2D eigenvalue weighted by atomic mass is 9.76. The molecule has 0 amide bonds. The summed E-state index contributed by atoms with van der Waals surface area (Å²) in [4.78, 5) is 4.90. The Morgan fingerprint density at radius 1 is 0.705 bits per heavy atom. The lowest BCUT2D eigenvalue weighted by Gasteiger charge is -2.37. The van der Waals surface area contributed by atoms with E-state index in [0.717, 1.165) is 33.7 Å². The summed E-state index contributed by atoms with van der Waals surface area (Å²) in [5, 5.41) is 14.3. The first-order valence-corrected chi connectivity index (χ1v) is 16.5. The topological polar surface area (TPSA) is 84.2 Å². The molecule has 6 nitrogen and oxygen atoms in total. The fraction of sp³-hybridized carbons (Fsp3) is 0.162. The standard InChI is InChI=1S/C37H35N3O3S/c1-27(2)37(41,33-21-19-29-24-34(39-44(3,42)43)22-20-28(29)23-33)35-25-40(26-38-35)36(30-13-7-4-8-14-30,31-15-9-5-10-16-31)32-17-11-6-12-18-32/h4-27,39,41H,1-3H3. The summed E-state index contributed by atoms with van der Waals surface area (Å²) >= 11 is 0. The van der Waals surface area contributed by atoms with Crippen molar-refractivity contribution in [1.82, 2.24) is 9.55 Å². The van der Waals surface area contributed by atoms with Crippen molar-refractivity contribution in [2.45, 2.75) is 25.0 Å². The summed E-state index contributed by atoms with van der Waals surface area (Å²) in [5.41, 5.74) is 2.78. The molecule has 1 unspecified atom stereocenters. The number of aliphatic hydroxyl groups is 1. The van der Waals surface area contributed by atoms with E-state index in [-0.39, 0.29) is 5.92 Å². The van der Waals surface area contributed by atoms with Gasteiger partial charge >= 0.3 is 0 Å². The summed E-state index contributed by atoms with van der Waals surface area (Å²) in [6, 6.07) is 42.2. The number of nitrogens with zero attached hydrogens (tertiary/aromatic N) is 2. The highest BCUT2D eigenvalue weighted by molar-refractivity contribution is 7.92. The van der Waals surface area contributed by atoms with E-state index in [0.29, 0.717) is 16.9 Å². The van der Waals surface area contributed by atoms with Gasteiger partial charge in [-0.15, -0.1) is 0 Å². The average molecular weight is 602 g/mol. The molecule has 0 spiro atoms. The Kier molecular flexibility index (Phi) is 7.61. The summed E-state index contributed by atoms with van der Waals surface area (Å²) < 4.78 is 28.1. The van der Waals surface area contributed by atoms with Gasteiger partial charge in [-0.25, -0.2) is 13.4 Å². The Morgan fingerprint density at radius 3 is 1.70 bits per heavy atom. The van der Waals surface area contributed by atoms with E-state index < -0.39 is 21.2 Å². The first kappa shape index (κ1) is 29.4. The fourth-order valence-electron chi connectivity index (χ4n) is 6.23. The van der Waals surface area contributed by atoms with Gasteiger partial charge in [0.15, 0.2) is 0 Å². The highest BCUT2D eigenvalue weighted by atomic mass is 32.2. The molecule has 1 heterocycles. The lowest BCUT2D eigenvalue weighted by molar-refractivity contribution is 0.0279. The third-order valence-electron chi connectivity index (χ3n) is 8.35. The van der Waals surface area contributed by atoms with Gasteiger partial charge in [0, 0.05) is 11.9 Å². The summed E-state index contributed by atoms with van der Waals surface area (Å²) in [6.07, 6.45) is 4.92. The van der Waals surface area contributed by atoms with Gasteiger partial charge in [-0.3, -0.25) is 4.72 Å². The molecule has 44 heavy (non-hydrogen) atoms. The number of anilines is 1. The zero-order valence-electron chi connectivity index (χ0n) is 24.9. The van der Waals surface area contributed by atoms with E-state index in [1.807, 2.05) is 105 Å². The van der Waals surface area contributed by atoms with Gasteiger partial charge in [0.25, 0.3) is 0 Å². The van der Waals surface area contributed by atoms with Crippen LogP contribution in [0.4, 0.5) is 5.69 Å². The smallest absolute Gasteiger partial charge is 0.229 e. The Labute approximate surface area is 258 Å². The van der Waals surface area contributed by atoms with E-state index in [2.05, 4.69) is 45.7 Å². The molecule has 6 aromatic rings. The minimum atomic E-state index is -3.40. The molecule has 0 aliphatic heterocycles. The Hall–Kier alpha value is -4.72. The molecule has 6 rings (SSSR count). The van der Waals surface area contributed by atoms with Crippen LogP contribution < -0.4 is 4.72 Å². The molecular formula is C37H35N3O3S. The predicted octanol–water partition coefficient (Wildman–Crippen LogP) is 7.14. The Morgan fingerprint density at radius 2 is 1.20 bits per heavy atom. The van der Waals surface area contributed by atoms with Crippen molar-refractivity contribution in [3.05, 3.63) is 168 Å². The van der Waals surface area contributed by atoms with Gasteiger partial charge in [0.05, 0.1) is 18.3 Å². The number of nitrogens with one attached hydrogen (secondary N) is 1. The third-order valence-corrected chi connectivity index (χ3v) is 8.96. The van der Waals surface area contributed by atoms with Crippen LogP contribution in [-0.2, 0) is 21.2 Å². The van der Waals surface area contributed by atoms with Gasteiger partial charge in [0.2, 0.25) is 10.0 Å². The van der Waals surface area contributed by atoms with Crippen LogP contribution in [0.25, 0.3) is 10.8 Å². The summed E-state index contributed by atoms with van der Waals surface area (Å²) in [5.74, 6) is -0.214. The molecule has 1 aromatic heterocycles. The zero-order chi connectivity index (χ0) is 31.0. The molecule has 222 valence electrons. The van der Waals surface area contributed by atoms with Crippen LogP contribution in [0.1, 0.15) is 41.8 Å². The van der Waals surface area contributed by atoms with Gasteiger partial charge in [-0.1, -0.05) is 123 Å². The highest BCUT2D eigenvalue weighted by Gasteiger charge is 2.42. The number of fused-ring (bicyclic) bond motifs is 1. The minimum Gasteiger partial charge on any atom is -0.378 e. The van der Waals surface area contributed by atoms with Crippen molar-refractivity contribution in [2.24, 2.45) is 5.92 Å². The van der Waals surface area contributed by atoms with E-state index in [4.69, 9.17) is 4.98 Å². The second kappa shape index (κ2) is 11.4. The summed E-state index contributed by atoms with van der Waals surface area (Å²) in [6.45, 7) is 3.97. The van der Waals surface area contributed by atoms with E-state index >= 15 is 0 Å². The first-order chi connectivity index (χ1) is 21.1. The van der Waals surface area contributed by atoms with Crippen LogP contribution in [0.2, 0.25) is 0 Å². The number of hydrogen-bond donors (Lipinski definition) is 2. The molecule has 0 saturated carbocycles. The van der Waals surface area contributed by atoms with Crippen molar-refractivity contribution < 1.29 is 13.5 Å². The lowest BCUT2D eigenvalue weighted by Crippen LogP contribution is -2.37. The summed E-state index contributed by atoms with van der Waals surface area (Å²) in [7, 11) is -3.40. The molecule has 2 N–H and O–H groups in total. The fourth-order valence-corrected chi connectivity index (χ4v) is 6.78. The second-order valence-electron chi connectivity index (χ2n) is 11.5. The largest absolute Gasteiger partial charge is 0.378 e. The molecule has 1 atom stereocenters. The van der Waals surface area contributed by atoms with E-state index in [1.54, 1.807) is 12.1 Å². The molecule has 7 heteroatoms. The van der Waals surface area contributed by atoms with Gasteiger partial charge < -0.3 is 9.67 Å². The van der Waals surface area contributed by atoms with Crippen LogP contribution in [0.3, 0.4) is 0 Å². The molecule has 5 aromatic carbocycles. The van der Waals surface area contributed by atoms with Crippen molar-refractivity contribution >= 4 is 26.5 Å². The molecule has 0 fully saturated rings. The van der Waals surface area contributed by atoms with Crippen LogP contribution in [0, 0.1) is 5.92 Å². The normalized spacial score (nSPS) is 13.6. The highest BCUT2D eigenvalue weighted by Crippen LogP contribution is 2.43. The van der Waals surface area contributed by atoms with Crippen molar-refractivity contribution in [3.8, 4) is 0 Å². The van der Waals surface area contributed by atoms with Gasteiger partial charge in [0.1, 0.15) is 11.1 Å². The number of aromatic nitrogens is 2. The average Bonchev–Trinajstić information content (AvgIpc) is 3.52. The maximum atomic E-state index is 12.5. The third kappa shape index (κ3) is 5.19. The van der Waals surface area contributed by atoms with E-state index in [1.165, 1.54) is 0 Å². The van der Waals surface area contributed by atoms with Crippen LogP contribution in [0.15, 0.2) is 140 Å². The molecule has 0 aliphatic carbocycles. The zero-order valence-corrected chi connectivity index (χ0v) is 25.7. The van der Waals surface area contributed by atoms with Crippen molar-refractivity contribution in [1.29, 1.82) is 0 Å². The van der Waals surface area contributed by atoms with Crippen LogP contribution in [-0.4, -0.2) is 29.3 Å². The maximum Gasteiger partial charge on any atom is 0.229 e. The molecular weight excluding hydrogens is 566 g/mol. The minimum absolute atomic E-state index is 0.214. The first-order valence-electron chi connectivity index (χ1n) is 14.6. The van der Waals surface area contributed by atoms with E-state index in [9.17, 15) is 13.5 Å². The molecule has 0 radical (unpaired) electrons. The van der Waals surface area contributed by atoms with Gasteiger partial charge in [-0.05, 0) is 57.1 Å². The van der Waals surface area contributed by atoms with Crippen molar-refractivity contribution in [2.75, 3.05) is 11.0 Å². The second-order valence-corrected chi connectivity index (χ2v) is 13.3. The SMILES string of the molecule is CC(C)C(O)(c1ccc2cc(NS(C)(=O)=O)ccc2c1)c1cn(C(c2ccccc2)(c2ccccc2)c2ccccc2)cn1. The molecule has 0 aliphatic rings. The number of rotatable bonds is 9. The van der Waals surface area contributed by atoms with Crippen molar-refractivity contribution in [3.63, 3.8) is 0 Å². The Balaban J connectivity index is 1.53. The maximum absolute atomic E-state index is 12.5. The predicted molar refractivity (Wildman–Crippen MR) is 177 cm³/mol. The number of sulfonamides is 1. The molecule has 0 bridgehead atoms. The molecule has 0 saturated heterocycles.